The van der Waals surface area contributed by atoms with Crippen LogP contribution in [0.5, 0.6) is 0 Å². The van der Waals surface area contributed by atoms with E-state index in [4.69, 9.17) is 4.42 Å². The largest absolute Gasteiger partial charge is 0.469 e. The van der Waals surface area contributed by atoms with E-state index in [1.807, 2.05) is 18.2 Å². The lowest BCUT2D eigenvalue weighted by atomic mass is 10.2. The first-order valence-corrected chi connectivity index (χ1v) is 6.47. The summed E-state index contributed by atoms with van der Waals surface area (Å²) in [6.45, 7) is 0.515. The Morgan fingerprint density at radius 2 is 2.24 bits per heavy atom. The van der Waals surface area contributed by atoms with Gasteiger partial charge in [-0.25, -0.2) is 4.68 Å². The van der Waals surface area contributed by atoms with E-state index in [2.05, 4.69) is 20.8 Å². The molecule has 7 heteroatoms. The summed E-state index contributed by atoms with van der Waals surface area (Å²) in [5.41, 5.74) is 1.29. The van der Waals surface area contributed by atoms with Gasteiger partial charge in [-0.15, -0.1) is 5.10 Å². The maximum atomic E-state index is 12.1. The van der Waals surface area contributed by atoms with E-state index in [0.29, 0.717) is 18.5 Å². The molecule has 0 aliphatic carbocycles. The highest BCUT2D eigenvalue weighted by Crippen LogP contribution is 2.08. The number of nitrogens with zero attached hydrogens (tertiary/aromatic N) is 4. The lowest BCUT2D eigenvalue weighted by Gasteiger charge is -2.06. The molecular formula is C14H13N5O2. The molecular weight excluding hydrogens is 270 g/mol. The molecule has 3 rings (SSSR count). The summed E-state index contributed by atoms with van der Waals surface area (Å²) < 4.78 is 6.71. The fourth-order valence-corrected chi connectivity index (χ4v) is 1.93. The van der Waals surface area contributed by atoms with Crippen molar-refractivity contribution in [3.05, 3.63) is 60.3 Å². The monoisotopic (exact) mass is 283 g/mol. The van der Waals surface area contributed by atoms with Crippen LogP contribution in [-0.4, -0.2) is 32.7 Å². The minimum atomic E-state index is -0.142. The van der Waals surface area contributed by atoms with Crippen molar-refractivity contribution in [2.24, 2.45) is 0 Å². The van der Waals surface area contributed by atoms with Crippen LogP contribution in [-0.2, 0) is 6.42 Å². The maximum Gasteiger partial charge on any atom is 0.251 e. The van der Waals surface area contributed by atoms with Crippen LogP contribution in [0.4, 0.5) is 0 Å². The Balaban J connectivity index is 1.63. The molecule has 0 radical (unpaired) electrons. The smallest absolute Gasteiger partial charge is 0.251 e. The second-order valence-electron chi connectivity index (χ2n) is 4.39. The molecule has 0 bridgehead atoms. The minimum absolute atomic E-state index is 0.142. The lowest BCUT2D eigenvalue weighted by molar-refractivity contribution is 0.0953. The number of nitrogens with one attached hydrogen (secondary N) is 1. The molecule has 2 heterocycles. The number of hydrogen-bond acceptors (Lipinski definition) is 5. The van der Waals surface area contributed by atoms with Gasteiger partial charge < -0.3 is 9.73 Å². The van der Waals surface area contributed by atoms with Gasteiger partial charge in [0.05, 0.1) is 12.0 Å². The number of amides is 1. The Bertz CT molecular complexity index is 707. The van der Waals surface area contributed by atoms with E-state index in [0.717, 1.165) is 11.4 Å². The summed E-state index contributed by atoms with van der Waals surface area (Å²) in [4.78, 5) is 12.1. The van der Waals surface area contributed by atoms with Crippen molar-refractivity contribution >= 4 is 5.91 Å². The van der Waals surface area contributed by atoms with Gasteiger partial charge in [-0.05, 0) is 40.8 Å². The number of benzene rings is 1. The molecule has 0 saturated carbocycles. The predicted octanol–water partition coefficient (Wildman–Crippen LogP) is 1.23. The van der Waals surface area contributed by atoms with Gasteiger partial charge >= 0.3 is 0 Å². The second-order valence-corrected chi connectivity index (χ2v) is 4.39. The van der Waals surface area contributed by atoms with Crippen molar-refractivity contribution in [2.45, 2.75) is 6.42 Å². The van der Waals surface area contributed by atoms with Crippen LogP contribution >= 0.6 is 0 Å². The number of tetrazole rings is 1. The number of furan rings is 1. The van der Waals surface area contributed by atoms with E-state index in [-0.39, 0.29) is 5.91 Å². The first kappa shape index (κ1) is 13.0. The predicted molar refractivity (Wildman–Crippen MR) is 73.9 cm³/mol. The molecule has 21 heavy (non-hydrogen) atoms. The van der Waals surface area contributed by atoms with Crippen molar-refractivity contribution in [2.75, 3.05) is 6.54 Å². The van der Waals surface area contributed by atoms with E-state index >= 15 is 0 Å². The number of aromatic nitrogens is 4. The Kier molecular flexibility index (Phi) is 3.72. The third-order valence-corrected chi connectivity index (χ3v) is 2.96. The summed E-state index contributed by atoms with van der Waals surface area (Å²) >= 11 is 0. The highest BCUT2D eigenvalue weighted by molar-refractivity contribution is 5.94. The van der Waals surface area contributed by atoms with Crippen LogP contribution in [0.3, 0.4) is 0 Å². The Morgan fingerprint density at radius 1 is 1.29 bits per heavy atom. The molecule has 0 unspecified atom stereocenters. The number of carbonyl (C=O) groups excluding carboxylic acids is 1. The summed E-state index contributed by atoms with van der Waals surface area (Å²) in [6.07, 6.45) is 3.76. The van der Waals surface area contributed by atoms with Gasteiger partial charge in [0.25, 0.3) is 5.91 Å². The Hall–Kier alpha value is -2.96. The maximum absolute atomic E-state index is 12.1. The van der Waals surface area contributed by atoms with Gasteiger partial charge in [0.15, 0.2) is 0 Å². The van der Waals surface area contributed by atoms with E-state index in [9.17, 15) is 4.79 Å². The Morgan fingerprint density at radius 3 is 3.00 bits per heavy atom. The van der Waals surface area contributed by atoms with Gasteiger partial charge in [0.2, 0.25) is 0 Å². The fraction of sp³-hybridized carbons (Fsp3) is 0.143. The first-order valence-electron chi connectivity index (χ1n) is 6.47. The summed E-state index contributed by atoms with van der Waals surface area (Å²) in [5, 5.41) is 13.8. The second kappa shape index (κ2) is 6.00. The summed E-state index contributed by atoms with van der Waals surface area (Å²) in [5.74, 6) is 0.703. The van der Waals surface area contributed by atoms with E-state index < -0.39 is 0 Å². The van der Waals surface area contributed by atoms with Crippen LogP contribution in [0.15, 0.2) is 53.4 Å². The van der Waals surface area contributed by atoms with Gasteiger partial charge in [-0.2, -0.15) is 0 Å². The molecule has 0 aliphatic heterocycles. The van der Waals surface area contributed by atoms with Gasteiger partial charge in [-0.1, -0.05) is 6.07 Å². The molecule has 106 valence electrons. The highest BCUT2D eigenvalue weighted by Gasteiger charge is 2.07. The number of carbonyl (C=O) groups is 1. The SMILES string of the molecule is O=C(NCCc1ccco1)c1cccc(-n2cnnn2)c1. The first-order chi connectivity index (χ1) is 10.3. The molecule has 0 fully saturated rings. The van der Waals surface area contributed by atoms with Gasteiger partial charge in [0.1, 0.15) is 12.1 Å². The molecule has 0 saturated heterocycles. The third kappa shape index (κ3) is 3.14. The lowest BCUT2D eigenvalue weighted by Crippen LogP contribution is -2.25. The van der Waals surface area contributed by atoms with Crippen molar-refractivity contribution in [1.29, 1.82) is 0 Å². The molecule has 2 aromatic heterocycles. The molecule has 1 amide bonds. The molecule has 0 atom stereocenters. The van der Waals surface area contributed by atoms with Crippen LogP contribution < -0.4 is 5.32 Å². The zero-order valence-corrected chi connectivity index (χ0v) is 11.1. The number of rotatable bonds is 5. The summed E-state index contributed by atoms with van der Waals surface area (Å²) in [6, 6.07) is 10.8. The standard InChI is InChI=1S/C14H13N5O2/c20-14(15-7-6-13-5-2-8-21-13)11-3-1-4-12(9-11)19-10-16-17-18-19/h1-5,8-10H,6-7H2,(H,15,20). The van der Waals surface area contributed by atoms with Crippen LogP contribution in [0.25, 0.3) is 5.69 Å². The number of hydrogen-bond donors (Lipinski definition) is 1. The van der Waals surface area contributed by atoms with Crippen molar-refractivity contribution < 1.29 is 9.21 Å². The zero-order valence-electron chi connectivity index (χ0n) is 11.1. The quantitative estimate of drug-likeness (QED) is 0.761. The minimum Gasteiger partial charge on any atom is -0.469 e. The normalized spacial score (nSPS) is 10.5. The van der Waals surface area contributed by atoms with Crippen LogP contribution in [0, 0.1) is 0 Å². The van der Waals surface area contributed by atoms with Gasteiger partial charge in [0, 0.05) is 18.5 Å². The van der Waals surface area contributed by atoms with Crippen molar-refractivity contribution in [1.82, 2.24) is 25.5 Å². The van der Waals surface area contributed by atoms with E-state index in [1.165, 1.54) is 11.0 Å². The van der Waals surface area contributed by atoms with E-state index in [1.54, 1.807) is 24.5 Å². The fourth-order valence-electron chi connectivity index (χ4n) is 1.93. The molecule has 1 aromatic carbocycles. The van der Waals surface area contributed by atoms with Crippen LogP contribution in [0.2, 0.25) is 0 Å². The molecule has 1 N–H and O–H groups in total. The van der Waals surface area contributed by atoms with Crippen molar-refractivity contribution in [3.63, 3.8) is 0 Å². The van der Waals surface area contributed by atoms with Crippen LogP contribution in [0.1, 0.15) is 16.1 Å². The topological polar surface area (TPSA) is 85.8 Å². The molecule has 0 spiro atoms. The summed E-state index contributed by atoms with van der Waals surface area (Å²) in [7, 11) is 0. The van der Waals surface area contributed by atoms with Crippen molar-refractivity contribution in [3.8, 4) is 5.69 Å². The third-order valence-electron chi connectivity index (χ3n) is 2.96. The Labute approximate surface area is 120 Å². The zero-order chi connectivity index (χ0) is 14.5. The average molecular weight is 283 g/mol. The molecule has 3 aromatic rings. The van der Waals surface area contributed by atoms with Gasteiger partial charge in [-0.3, -0.25) is 4.79 Å². The highest BCUT2D eigenvalue weighted by atomic mass is 16.3. The molecule has 0 aliphatic rings. The average Bonchev–Trinajstić information content (AvgIpc) is 3.21. The molecule has 7 nitrogen and oxygen atoms in total.